The third kappa shape index (κ3) is 10.9. The monoisotopic (exact) mass is 606 g/mol. The highest BCUT2D eigenvalue weighted by Gasteiger charge is 2.35. The van der Waals surface area contributed by atoms with Gasteiger partial charge in [-0.25, -0.2) is 4.79 Å². The van der Waals surface area contributed by atoms with Crippen molar-refractivity contribution >= 4 is 27.7 Å². The zero-order valence-electron chi connectivity index (χ0n) is 27.4. The summed E-state index contributed by atoms with van der Waals surface area (Å²) >= 11 is 0. The molecule has 0 unspecified atom stereocenters. The van der Waals surface area contributed by atoms with Crippen molar-refractivity contribution in [1.82, 2.24) is 0 Å². The van der Waals surface area contributed by atoms with E-state index in [-0.39, 0.29) is 5.60 Å². The number of hydrogen-bond donors (Lipinski definition) is 0. The Morgan fingerprint density at radius 1 is 0.951 bits per heavy atom. The van der Waals surface area contributed by atoms with Gasteiger partial charge in [0, 0.05) is 16.6 Å². The molecular weight excluding hydrogens is 549 g/mol. The zero-order chi connectivity index (χ0) is 30.0. The Morgan fingerprint density at radius 3 is 2.29 bits per heavy atom. The SMILES string of the molecule is Cc1c(C)c2c(c(C)c1OC(=O)OCCC[C@@H]1CCSS1)CC[C@@](C)(CC[C@H](C)CCC[C@H](C)CCCC(C)C)O2. The topological polar surface area (TPSA) is 44.8 Å². The second kappa shape index (κ2) is 16.7. The first kappa shape index (κ1) is 34.5. The normalized spacial score (nSPS) is 21.8. The second-order valence-corrected chi connectivity index (χ2v) is 16.5. The van der Waals surface area contributed by atoms with Gasteiger partial charge in [-0.05, 0) is 107 Å². The molecule has 0 spiro atoms. The number of rotatable bonds is 16. The first-order valence-electron chi connectivity index (χ1n) is 16.4. The number of fused-ring (bicyclic) bond motifs is 1. The largest absolute Gasteiger partial charge is 0.513 e. The fourth-order valence-electron chi connectivity index (χ4n) is 6.28. The standard InChI is InChI=1S/C35H58O4S2/c1-24(2)12-9-13-25(3)14-10-15-26(4)17-20-35(8)21-18-31-29(7)32(27(5)28(6)33(31)39-35)38-34(36)37-22-11-16-30-19-23-40-41-30/h24-26,30H,9-23H2,1-8H3/t25-,26-,30-,35-/m1/s1. The molecule has 2 aliphatic rings. The van der Waals surface area contributed by atoms with Gasteiger partial charge < -0.3 is 14.2 Å². The van der Waals surface area contributed by atoms with Crippen LogP contribution in [0, 0.1) is 38.5 Å². The minimum atomic E-state index is -0.593. The molecule has 41 heavy (non-hydrogen) atoms. The van der Waals surface area contributed by atoms with Gasteiger partial charge in [-0.3, -0.25) is 0 Å². The lowest BCUT2D eigenvalue weighted by Crippen LogP contribution is -2.37. The molecule has 1 aromatic rings. The Morgan fingerprint density at radius 2 is 1.63 bits per heavy atom. The molecule has 1 aromatic carbocycles. The van der Waals surface area contributed by atoms with Crippen molar-refractivity contribution in [3.63, 3.8) is 0 Å². The van der Waals surface area contributed by atoms with Gasteiger partial charge in [-0.1, -0.05) is 87.8 Å². The van der Waals surface area contributed by atoms with Crippen molar-refractivity contribution in [3.8, 4) is 11.5 Å². The van der Waals surface area contributed by atoms with Crippen LogP contribution in [0.4, 0.5) is 4.79 Å². The smallest absolute Gasteiger partial charge is 0.487 e. The van der Waals surface area contributed by atoms with Crippen LogP contribution in [0.3, 0.4) is 0 Å². The predicted molar refractivity (Wildman–Crippen MR) is 178 cm³/mol. The number of carbonyl (C=O) groups is 1. The van der Waals surface area contributed by atoms with E-state index in [2.05, 4.69) is 48.5 Å². The summed E-state index contributed by atoms with van der Waals surface area (Å²) in [6, 6.07) is 0. The van der Waals surface area contributed by atoms with Crippen LogP contribution < -0.4 is 9.47 Å². The molecule has 4 atom stereocenters. The van der Waals surface area contributed by atoms with Gasteiger partial charge in [0.25, 0.3) is 0 Å². The van der Waals surface area contributed by atoms with Crippen molar-refractivity contribution < 1.29 is 19.0 Å². The molecular formula is C35H58O4S2. The molecule has 0 bridgehead atoms. The molecule has 0 aromatic heterocycles. The molecule has 1 fully saturated rings. The van der Waals surface area contributed by atoms with Crippen LogP contribution >= 0.6 is 21.6 Å². The van der Waals surface area contributed by atoms with Gasteiger partial charge in [0.15, 0.2) is 0 Å². The van der Waals surface area contributed by atoms with Gasteiger partial charge >= 0.3 is 6.16 Å². The number of hydrogen-bond acceptors (Lipinski definition) is 6. The number of carbonyl (C=O) groups excluding carboxylic acids is 1. The summed E-state index contributed by atoms with van der Waals surface area (Å²) < 4.78 is 18.0. The summed E-state index contributed by atoms with van der Waals surface area (Å²) in [5.74, 6) is 5.28. The molecule has 3 rings (SSSR count). The first-order valence-corrected chi connectivity index (χ1v) is 18.8. The molecule has 0 saturated carbocycles. The fraction of sp³-hybridized carbons (Fsp3) is 0.800. The molecule has 0 aliphatic carbocycles. The third-order valence-corrected chi connectivity index (χ3v) is 12.4. The van der Waals surface area contributed by atoms with Crippen molar-refractivity contribution in [3.05, 3.63) is 22.3 Å². The zero-order valence-corrected chi connectivity index (χ0v) is 29.0. The van der Waals surface area contributed by atoms with Crippen LogP contribution in [0.15, 0.2) is 0 Å². The maximum Gasteiger partial charge on any atom is 0.513 e. The highest BCUT2D eigenvalue weighted by atomic mass is 33.1. The van der Waals surface area contributed by atoms with Crippen molar-refractivity contribution in [2.24, 2.45) is 17.8 Å². The van der Waals surface area contributed by atoms with Crippen molar-refractivity contribution in [2.45, 2.75) is 150 Å². The molecule has 1 saturated heterocycles. The van der Waals surface area contributed by atoms with E-state index in [0.29, 0.717) is 17.6 Å². The average molecular weight is 607 g/mol. The lowest BCUT2D eigenvalue weighted by Gasteiger charge is -2.38. The summed E-state index contributed by atoms with van der Waals surface area (Å²) in [6.45, 7) is 18.4. The molecule has 2 aliphatic heterocycles. The minimum Gasteiger partial charge on any atom is -0.487 e. The molecule has 4 nitrogen and oxygen atoms in total. The summed E-state index contributed by atoms with van der Waals surface area (Å²) in [5.41, 5.74) is 4.10. The van der Waals surface area contributed by atoms with Gasteiger partial charge in [0.1, 0.15) is 17.1 Å². The van der Waals surface area contributed by atoms with E-state index < -0.39 is 6.16 Å². The minimum absolute atomic E-state index is 0.146. The lowest BCUT2D eigenvalue weighted by atomic mass is 9.83. The van der Waals surface area contributed by atoms with E-state index in [1.807, 2.05) is 28.5 Å². The van der Waals surface area contributed by atoms with E-state index in [4.69, 9.17) is 14.2 Å². The van der Waals surface area contributed by atoms with Gasteiger partial charge in [-0.2, -0.15) is 0 Å². The second-order valence-electron chi connectivity index (χ2n) is 13.7. The Bertz CT molecular complexity index is 972. The van der Waals surface area contributed by atoms with Crippen LogP contribution in [0.25, 0.3) is 0 Å². The Balaban J connectivity index is 1.47. The Labute approximate surface area is 259 Å². The summed E-state index contributed by atoms with van der Waals surface area (Å²) in [4.78, 5) is 12.5. The maximum atomic E-state index is 12.5. The molecule has 0 N–H and O–H groups in total. The van der Waals surface area contributed by atoms with Gasteiger partial charge in [-0.15, -0.1) is 0 Å². The molecule has 6 heteroatoms. The Hall–Kier alpha value is -1.01. The van der Waals surface area contributed by atoms with E-state index in [9.17, 15) is 4.79 Å². The highest BCUT2D eigenvalue weighted by Crippen LogP contribution is 2.45. The van der Waals surface area contributed by atoms with Crippen LogP contribution in [-0.4, -0.2) is 29.4 Å². The first-order chi connectivity index (χ1) is 19.5. The Kier molecular flexibility index (Phi) is 14.1. The molecule has 0 amide bonds. The van der Waals surface area contributed by atoms with Crippen molar-refractivity contribution in [2.75, 3.05) is 12.4 Å². The van der Waals surface area contributed by atoms with Crippen LogP contribution in [0.5, 0.6) is 11.5 Å². The summed E-state index contributed by atoms with van der Waals surface area (Å²) in [7, 11) is 3.91. The fourth-order valence-corrected chi connectivity index (χ4v) is 9.31. The summed E-state index contributed by atoms with van der Waals surface area (Å²) in [5, 5.41) is 0.694. The maximum absolute atomic E-state index is 12.5. The number of benzene rings is 1. The van der Waals surface area contributed by atoms with E-state index in [1.54, 1.807) is 0 Å². The van der Waals surface area contributed by atoms with Gasteiger partial charge in [0.2, 0.25) is 0 Å². The predicted octanol–water partition coefficient (Wildman–Crippen LogP) is 11.2. The highest BCUT2D eigenvalue weighted by molar-refractivity contribution is 8.77. The van der Waals surface area contributed by atoms with Crippen molar-refractivity contribution in [1.29, 1.82) is 0 Å². The lowest BCUT2D eigenvalue weighted by molar-refractivity contribution is 0.0482. The van der Waals surface area contributed by atoms with Crippen LogP contribution in [0.1, 0.15) is 134 Å². The number of ether oxygens (including phenoxy) is 3. The summed E-state index contributed by atoms with van der Waals surface area (Å²) in [6.07, 6.45) is 15.0. The van der Waals surface area contributed by atoms with Gasteiger partial charge in [0.05, 0.1) is 6.61 Å². The molecule has 0 radical (unpaired) electrons. The third-order valence-electron chi connectivity index (χ3n) is 9.40. The molecule has 2 heterocycles. The quantitative estimate of drug-likeness (QED) is 0.0807. The average Bonchev–Trinajstić information content (AvgIpc) is 3.45. The molecule has 234 valence electrons. The van der Waals surface area contributed by atoms with E-state index in [0.717, 1.165) is 72.3 Å². The van der Waals surface area contributed by atoms with E-state index in [1.165, 1.54) is 62.7 Å². The van der Waals surface area contributed by atoms with Crippen LogP contribution in [-0.2, 0) is 11.2 Å². The van der Waals surface area contributed by atoms with Crippen LogP contribution in [0.2, 0.25) is 0 Å². The van der Waals surface area contributed by atoms with E-state index >= 15 is 0 Å².